The number of sulfonamides is 1. The van der Waals surface area contributed by atoms with Gasteiger partial charge in [0.1, 0.15) is 5.75 Å². The Bertz CT molecular complexity index is 1240. The van der Waals surface area contributed by atoms with Crippen LogP contribution in [0.4, 0.5) is 0 Å². The van der Waals surface area contributed by atoms with Crippen LogP contribution < -0.4 is 14.7 Å². The SMILES string of the molecule is C#CCn1c(=NC(=O)C(C)Oc2ccccc2)sc2cc(S(N)(=O)=O)ccc21. The van der Waals surface area contributed by atoms with Crippen LogP contribution in [-0.4, -0.2) is 25.0 Å². The van der Waals surface area contributed by atoms with E-state index in [4.69, 9.17) is 16.3 Å². The van der Waals surface area contributed by atoms with E-state index in [0.717, 1.165) is 11.3 Å². The summed E-state index contributed by atoms with van der Waals surface area (Å²) in [6.07, 6.45) is 4.64. The minimum Gasteiger partial charge on any atom is -0.481 e. The number of thiazole rings is 1. The average Bonchev–Trinajstić information content (AvgIpc) is 2.98. The van der Waals surface area contributed by atoms with Gasteiger partial charge in [-0.3, -0.25) is 4.79 Å². The first-order chi connectivity index (χ1) is 13.3. The first-order valence-corrected chi connectivity index (χ1v) is 10.6. The summed E-state index contributed by atoms with van der Waals surface area (Å²) >= 11 is 1.15. The number of carbonyl (C=O) groups is 1. The summed E-state index contributed by atoms with van der Waals surface area (Å²) < 4.78 is 31.0. The molecule has 28 heavy (non-hydrogen) atoms. The van der Waals surface area contributed by atoms with Crippen LogP contribution in [0.25, 0.3) is 10.2 Å². The smallest absolute Gasteiger partial charge is 0.289 e. The van der Waals surface area contributed by atoms with Gasteiger partial charge in [-0.05, 0) is 37.3 Å². The Labute approximate surface area is 166 Å². The highest BCUT2D eigenvalue weighted by Crippen LogP contribution is 2.21. The second kappa shape index (κ2) is 7.98. The van der Waals surface area contributed by atoms with Crippen LogP contribution in [0.3, 0.4) is 0 Å². The van der Waals surface area contributed by atoms with Crippen LogP contribution >= 0.6 is 11.3 Å². The number of nitrogens with zero attached hydrogens (tertiary/aromatic N) is 2. The minimum atomic E-state index is -3.84. The number of amides is 1. The zero-order valence-corrected chi connectivity index (χ0v) is 16.5. The lowest BCUT2D eigenvalue weighted by Crippen LogP contribution is -2.26. The number of aromatic nitrogens is 1. The van der Waals surface area contributed by atoms with Gasteiger partial charge >= 0.3 is 0 Å². The van der Waals surface area contributed by atoms with E-state index < -0.39 is 22.0 Å². The maximum Gasteiger partial charge on any atom is 0.289 e. The van der Waals surface area contributed by atoms with Gasteiger partial charge in [0, 0.05) is 0 Å². The van der Waals surface area contributed by atoms with Crippen molar-refractivity contribution < 1.29 is 17.9 Å². The highest BCUT2D eigenvalue weighted by molar-refractivity contribution is 7.89. The standard InChI is InChI=1S/C19H17N3O4S2/c1-3-11-22-16-10-9-15(28(20,24)25)12-17(16)27-19(22)21-18(23)13(2)26-14-7-5-4-6-8-14/h1,4-10,12-13H,11H2,2H3,(H2,20,24,25). The van der Waals surface area contributed by atoms with Crippen molar-refractivity contribution in [2.24, 2.45) is 10.1 Å². The molecule has 3 rings (SSSR count). The summed E-state index contributed by atoms with van der Waals surface area (Å²) in [7, 11) is -3.84. The van der Waals surface area contributed by atoms with Crippen molar-refractivity contribution in [1.29, 1.82) is 0 Å². The summed E-state index contributed by atoms with van der Waals surface area (Å²) in [5, 5.41) is 5.19. The molecule has 0 aliphatic rings. The molecule has 1 unspecified atom stereocenters. The van der Waals surface area contributed by atoms with E-state index in [0.29, 0.717) is 20.8 Å². The molecule has 1 heterocycles. The van der Waals surface area contributed by atoms with Crippen molar-refractivity contribution in [1.82, 2.24) is 4.57 Å². The fourth-order valence-electron chi connectivity index (χ4n) is 2.50. The molecule has 1 aromatic heterocycles. The summed E-state index contributed by atoms with van der Waals surface area (Å²) in [4.78, 5) is 17.0. The molecule has 0 radical (unpaired) electrons. The Morgan fingerprint density at radius 2 is 2.04 bits per heavy atom. The number of ether oxygens (including phenoxy) is 1. The fraction of sp³-hybridized carbons (Fsp3) is 0.158. The average molecular weight is 415 g/mol. The van der Waals surface area contributed by atoms with E-state index in [1.807, 2.05) is 6.07 Å². The van der Waals surface area contributed by atoms with Crippen molar-refractivity contribution in [3.05, 3.63) is 53.3 Å². The number of primary sulfonamides is 1. The molecule has 3 aromatic rings. The third-order valence-corrected chi connectivity index (χ3v) is 5.79. The van der Waals surface area contributed by atoms with E-state index in [9.17, 15) is 13.2 Å². The number of nitrogens with two attached hydrogens (primary N) is 1. The van der Waals surface area contributed by atoms with Crippen molar-refractivity contribution in [2.45, 2.75) is 24.5 Å². The molecule has 0 spiro atoms. The van der Waals surface area contributed by atoms with Gasteiger partial charge in [0.05, 0.1) is 21.7 Å². The second-order valence-corrected chi connectivity index (χ2v) is 8.44. The molecule has 0 saturated carbocycles. The predicted octanol–water partition coefficient (Wildman–Crippen LogP) is 1.88. The maximum atomic E-state index is 12.5. The molecule has 0 aliphatic carbocycles. The molecule has 9 heteroatoms. The molecule has 1 atom stereocenters. The number of hydrogen-bond acceptors (Lipinski definition) is 5. The monoisotopic (exact) mass is 415 g/mol. The number of rotatable bonds is 5. The minimum absolute atomic E-state index is 0.0206. The number of hydrogen-bond donors (Lipinski definition) is 1. The molecule has 7 nitrogen and oxygen atoms in total. The maximum absolute atomic E-state index is 12.5. The summed E-state index contributed by atoms with van der Waals surface area (Å²) in [5.74, 6) is 2.59. The number of para-hydroxylation sites is 1. The molecule has 1 amide bonds. The summed E-state index contributed by atoms with van der Waals surface area (Å²) in [5.41, 5.74) is 0.665. The normalized spacial score (nSPS) is 13.2. The molecule has 0 bridgehead atoms. The zero-order chi connectivity index (χ0) is 20.3. The molecule has 0 fully saturated rings. The molecule has 2 aromatic carbocycles. The Kier molecular flexibility index (Phi) is 5.65. The van der Waals surface area contributed by atoms with Crippen LogP contribution in [0.2, 0.25) is 0 Å². The number of terminal acetylenes is 1. The zero-order valence-electron chi connectivity index (χ0n) is 14.9. The van der Waals surface area contributed by atoms with Crippen LogP contribution in [0, 0.1) is 12.3 Å². The lowest BCUT2D eigenvalue weighted by molar-refractivity contribution is -0.124. The van der Waals surface area contributed by atoms with E-state index >= 15 is 0 Å². The van der Waals surface area contributed by atoms with Crippen molar-refractivity contribution in [2.75, 3.05) is 0 Å². The summed E-state index contributed by atoms with van der Waals surface area (Å²) in [6, 6.07) is 13.4. The van der Waals surface area contributed by atoms with Crippen LogP contribution in [0.15, 0.2) is 58.4 Å². The van der Waals surface area contributed by atoms with Gasteiger partial charge < -0.3 is 9.30 Å². The Morgan fingerprint density at radius 3 is 2.68 bits per heavy atom. The van der Waals surface area contributed by atoms with Crippen molar-refractivity contribution >= 4 is 37.5 Å². The van der Waals surface area contributed by atoms with Gasteiger partial charge in [0.15, 0.2) is 10.9 Å². The second-order valence-electron chi connectivity index (χ2n) is 5.87. The molecule has 0 saturated heterocycles. The van der Waals surface area contributed by atoms with Crippen LogP contribution in [0.1, 0.15) is 6.92 Å². The van der Waals surface area contributed by atoms with E-state index in [1.54, 1.807) is 41.8 Å². The summed E-state index contributed by atoms with van der Waals surface area (Å²) in [6.45, 7) is 1.78. The molecule has 144 valence electrons. The van der Waals surface area contributed by atoms with Gasteiger partial charge in [-0.15, -0.1) is 6.42 Å². The lowest BCUT2D eigenvalue weighted by Gasteiger charge is -2.10. The molecular formula is C19H17N3O4S2. The van der Waals surface area contributed by atoms with Gasteiger partial charge in [-0.2, -0.15) is 4.99 Å². The highest BCUT2D eigenvalue weighted by atomic mass is 32.2. The van der Waals surface area contributed by atoms with Crippen LogP contribution in [-0.2, 0) is 21.4 Å². The third-order valence-electron chi connectivity index (χ3n) is 3.84. The van der Waals surface area contributed by atoms with Crippen molar-refractivity contribution in [3.63, 3.8) is 0 Å². The lowest BCUT2D eigenvalue weighted by atomic mass is 10.3. The van der Waals surface area contributed by atoms with Gasteiger partial charge in [0.25, 0.3) is 5.91 Å². The van der Waals surface area contributed by atoms with Gasteiger partial charge in [-0.25, -0.2) is 13.6 Å². The number of benzene rings is 2. The van der Waals surface area contributed by atoms with Gasteiger partial charge in [-0.1, -0.05) is 35.5 Å². The molecule has 0 aliphatic heterocycles. The quantitative estimate of drug-likeness (QED) is 0.643. The third kappa shape index (κ3) is 4.31. The Balaban J connectivity index is 2.01. The van der Waals surface area contributed by atoms with E-state index in [2.05, 4.69) is 10.9 Å². The van der Waals surface area contributed by atoms with E-state index in [-0.39, 0.29) is 11.4 Å². The van der Waals surface area contributed by atoms with Crippen molar-refractivity contribution in [3.8, 4) is 18.1 Å². The predicted molar refractivity (Wildman–Crippen MR) is 107 cm³/mol. The topological polar surface area (TPSA) is 104 Å². The fourth-order valence-corrected chi connectivity index (χ4v) is 4.19. The highest BCUT2D eigenvalue weighted by Gasteiger charge is 2.16. The van der Waals surface area contributed by atoms with Crippen LogP contribution in [0.5, 0.6) is 5.75 Å². The largest absolute Gasteiger partial charge is 0.481 e. The Morgan fingerprint density at radius 1 is 1.32 bits per heavy atom. The van der Waals surface area contributed by atoms with Gasteiger partial charge in [0.2, 0.25) is 10.0 Å². The first kappa shape index (κ1) is 19.8. The number of carbonyl (C=O) groups excluding carboxylic acids is 1. The first-order valence-electron chi connectivity index (χ1n) is 8.19. The molecule has 2 N–H and O–H groups in total. The van der Waals surface area contributed by atoms with E-state index in [1.165, 1.54) is 12.1 Å². The number of fused-ring (bicyclic) bond motifs is 1. The molecular weight excluding hydrogens is 398 g/mol. The Hall–Kier alpha value is -2.93.